The lowest BCUT2D eigenvalue weighted by Crippen LogP contribution is -2.57. The predicted molar refractivity (Wildman–Crippen MR) is 98.9 cm³/mol. The van der Waals surface area contributed by atoms with Crippen molar-refractivity contribution in [3.8, 4) is 0 Å². The Labute approximate surface area is 156 Å². The molecule has 5 nitrogen and oxygen atoms in total. The number of rotatable bonds is 7. The molecule has 1 aromatic carbocycles. The van der Waals surface area contributed by atoms with Crippen LogP contribution in [0.5, 0.6) is 0 Å². The average Bonchev–Trinajstić information content (AvgIpc) is 2.57. The topological polar surface area (TPSA) is 64.6 Å². The third kappa shape index (κ3) is 3.44. The van der Waals surface area contributed by atoms with Crippen molar-refractivity contribution in [1.29, 1.82) is 0 Å². The molecule has 4 aliphatic rings. The molecule has 4 aliphatic carbocycles. The van der Waals surface area contributed by atoms with Gasteiger partial charge in [0.2, 0.25) is 0 Å². The highest BCUT2D eigenvalue weighted by Crippen LogP contribution is 2.61. The van der Waals surface area contributed by atoms with Crippen LogP contribution in [-0.4, -0.2) is 28.2 Å². The summed E-state index contributed by atoms with van der Waals surface area (Å²) in [4.78, 5) is 5.47. The molecule has 5 rings (SSSR count). The van der Waals surface area contributed by atoms with E-state index in [2.05, 4.69) is 5.48 Å². The molecule has 0 saturated heterocycles. The summed E-state index contributed by atoms with van der Waals surface area (Å²) in [6, 6.07) is 6.70. The van der Waals surface area contributed by atoms with Crippen molar-refractivity contribution in [2.24, 2.45) is 23.2 Å². The Hall–Kier alpha value is -0.950. The van der Waals surface area contributed by atoms with E-state index in [1.807, 2.05) is 6.92 Å². The maximum atomic E-state index is 12.6. The summed E-state index contributed by atoms with van der Waals surface area (Å²) in [6.45, 7) is 2.05. The SMILES string of the molecule is CON[C@@H](COS(=O)(=O)c1ccc(C)cc1)C12CC3CC(CC(C3)C1)C2. The molecular formula is C20H29NO4S. The van der Waals surface area contributed by atoms with E-state index in [-0.39, 0.29) is 23.0 Å². The molecular weight excluding hydrogens is 350 g/mol. The Morgan fingerprint density at radius 3 is 2.12 bits per heavy atom. The van der Waals surface area contributed by atoms with Gasteiger partial charge in [-0.1, -0.05) is 17.7 Å². The van der Waals surface area contributed by atoms with Crippen molar-refractivity contribution in [1.82, 2.24) is 5.48 Å². The van der Waals surface area contributed by atoms with Crippen LogP contribution in [0.2, 0.25) is 0 Å². The van der Waals surface area contributed by atoms with Crippen LogP contribution in [0.15, 0.2) is 29.2 Å². The van der Waals surface area contributed by atoms with Crippen LogP contribution in [-0.2, 0) is 19.1 Å². The Balaban J connectivity index is 1.50. The Kier molecular flexibility index (Phi) is 4.88. The van der Waals surface area contributed by atoms with E-state index in [0.717, 1.165) is 42.6 Å². The van der Waals surface area contributed by atoms with Crippen LogP contribution in [0.4, 0.5) is 0 Å². The summed E-state index contributed by atoms with van der Waals surface area (Å²) in [5.74, 6) is 2.36. The Morgan fingerprint density at radius 1 is 1.08 bits per heavy atom. The third-order valence-electron chi connectivity index (χ3n) is 6.78. The van der Waals surface area contributed by atoms with E-state index < -0.39 is 10.1 Å². The highest BCUT2D eigenvalue weighted by atomic mass is 32.2. The number of benzene rings is 1. The van der Waals surface area contributed by atoms with Gasteiger partial charge in [-0.25, -0.2) is 0 Å². The number of nitrogens with one attached hydrogen (secondary N) is 1. The van der Waals surface area contributed by atoms with Crippen molar-refractivity contribution >= 4 is 10.1 Å². The lowest BCUT2D eigenvalue weighted by molar-refractivity contribution is -0.111. The molecule has 0 aliphatic heterocycles. The summed E-state index contributed by atoms with van der Waals surface area (Å²) in [6.07, 6.45) is 7.53. The molecule has 0 amide bonds. The van der Waals surface area contributed by atoms with Gasteiger partial charge in [0.15, 0.2) is 0 Å². The summed E-state index contributed by atoms with van der Waals surface area (Å²) >= 11 is 0. The first-order chi connectivity index (χ1) is 12.4. The molecule has 144 valence electrons. The molecule has 0 unspecified atom stereocenters. The summed E-state index contributed by atoms with van der Waals surface area (Å²) in [5.41, 5.74) is 4.21. The van der Waals surface area contributed by atoms with Gasteiger partial charge in [-0.05, 0) is 80.8 Å². The van der Waals surface area contributed by atoms with Crippen molar-refractivity contribution in [2.75, 3.05) is 13.7 Å². The van der Waals surface area contributed by atoms with Crippen LogP contribution in [0.1, 0.15) is 44.1 Å². The van der Waals surface area contributed by atoms with Crippen LogP contribution >= 0.6 is 0 Å². The van der Waals surface area contributed by atoms with E-state index in [9.17, 15) is 8.42 Å². The number of hydroxylamine groups is 1. The molecule has 1 N–H and O–H groups in total. The molecule has 4 bridgehead atoms. The molecule has 0 radical (unpaired) electrons. The first kappa shape index (κ1) is 18.4. The monoisotopic (exact) mass is 379 g/mol. The van der Waals surface area contributed by atoms with Gasteiger partial charge in [0.1, 0.15) is 0 Å². The zero-order valence-corrected chi connectivity index (χ0v) is 16.4. The summed E-state index contributed by atoms with van der Waals surface area (Å²) < 4.78 is 30.7. The number of hydrogen-bond acceptors (Lipinski definition) is 5. The van der Waals surface area contributed by atoms with Gasteiger partial charge in [-0.3, -0.25) is 4.18 Å². The molecule has 0 aromatic heterocycles. The zero-order valence-electron chi connectivity index (χ0n) is 15.6. The normalized spacial score (nSPS) is 34.2. The van der Waals surface area contributed by atoms with Gasteiger partial charge in [0.25, 0.3) is 10.1 Å². The Bertz CT molecular complexity index is 708. The van der Waals surface area contributed by atoms with Crippen LogP contribution in [0.3, 0.4) is 0 Å². The summed E-state index contributed by atoms with van der Waals surface area (Å²) in [5, 5.41) is 0. The molecule has 4 saturated carbocycles. The molecule has 1 aromatic rings. The van der Waals surface area contributed by atoms with E-state index >= 15 is 0 Å². The third-order valence-corrected chi connectivity index (χ3v) is 8.08. The van der Waals surface area contributed by atoms with E-state index in [4.69, 9.17) is 9.02 Å². The fraction of sp³-hybridized carbons (Fsp3) is 0.700. The second kappa shape index (κ2) is 6.89. The van der Waals surface area contributed by atoms with Crippen LogP contribution in [0, 0.1) is 30.1 Å². The highest BCUT2D eigenvalue weighted by molar-refractivity contribution is 7.86. The van der Waals surface area contributed by atoms with Gasteiger partial charge < -0.3 is 4.84 Å². The molecule has 26 heavy (non-hydrogen) atoms. The number of aryl methyl sites for hydroxylation is 1. The standard InChI is InChI=1S/C20H29NO4S/c1-14-3-5-18(6-4-14)26(22,23)25-13-19(21-24-2)20-10-15-7-16(11-20)9-17(8-15)12-20/h3-6,15-17,19,21H,7-13H2,1-2H3/t15?,16?,17?,19-,20?/m0/s1. The van der Waals surface area contributed by atoms with Crippen molar-refractivity contribution in [2.45, 2.75) is 56.4 Å². The zero-order chi connectivity index (χ0) is 18.4. The Morgan fingerprint density at radius 2 is 1.62 bits per heavy atom. The van der Waals surface area contributed by atoms with Crippen molar-refractivity contribution in [3.63, 3.8) is 0 Å². The van der Waals surface area contributed by atoms with Gasteiger partial charge >= 0.3 is 0 Å². The van der Waals surface area contributed by atoms with E-state index in [0.29, 0.717) is 0 Å². The lowest BCUT2D eigenvalue weighted by atomic mass is 9.48. The van der Waals surface area contributed by atoms with E-state index in [1.165, 1.54) is 19.3 Å². The predicted octanol–water partition coefficient (Wildman–Crippen LogP) is 3.44. The van der Waals surface area contributed by atoms with Gasteiger partial charge in [0, 0.05) is 0 Å². The summed E-state index contributed by atoms with van der Waals surface area (Å²) in [7, 11) is -2.16. The van der Waals surface area contributed by atoms with Crippen molar-refractivity contribution < 1.29 is 17.4 Å². The van der Waals surface area contributed by atoms with Crippen LogP contribution in [0.25, 0.3) is 0 Å². The quantitative estimate of drug-likeness (QED) is 0.581. The van der Waals surface area contributed by atoms with E-state index in [1.54, 1.807) is 31.4 Å². The largest absolute Gasteiger partial charge is 0.305 e. The molecule has 6 heteroatoms. The van der Waals surface area contributed by atoms with Crippen LogP contribution < -0.4 is 5.48 Å². The highest BCUT2D eigenvalue weighted by Gasteiger charge is 2.54. The minimum atomic E-state index is -3.76. The minimum Gasteiger partial charge on any atom is -0.305 e. The smallest absolute Gasteiger partial charge is 0.297 e. The second-order valence-corrected chi connectivity index (χ2v) is 10.3. The fourth-order valence-corrected chi connectivity index (χ4v) is 6.93. The maximum Gasteiger partial charge on any atom is 0.297 e. The number of hydrogen-bond donors (Lipinski definition) is 1. The molecule has 0 spiro atoms. The second-order valence-electron chi connectivity index (χ2n) is 8.71. The maximum absolute atomic E-state index is 12.6. The first-order valence-electron chi connectivity index (χ1n) is 9.65. The molecule has 0 heterocycles. The fourth-order valence-electron chi connectivity index (χ4n) is 6.01. The first-order valence-corrected chi connectivity index (χ1v) is 11.1. The molecule has 1 atom stereocenters. The molecule has 4 fully saturated rings. The van der Waals surface area contributed by atoms with Crippen molar-refractivity contribution in [3.05, 3.63) is 29.8 Å². The average molecular weight is 380 g/mol. The van der Waals surface area contributed by atoms with Gasteiger partial charge in [0.05, 0.1) is 24.7 Å². The van der Waals surface area contributed by atoms with Gasteiger partial charge in [-0.2, -0.15) is 13.9 Å². The van der Waals surface area contributed by atoms with Gasteiger partial charge in [-0.15, -0.1) is 0 Å². The lowest BCUT2D eigenvalue weighted by Gasteiger charge is -2.59. The minimum absolute atomic E-state index is 0.0962.